The largest absolute Gasteiger partial charge is 0.486 e. The number of fused-ring (bicyclic) bond motifs is 1. The number of hydrogen-bond acceptors (Lipinski definition) is 5. The summed E-state index contributed by atoms with van der Waals surface area (Å²) in [5, 5.41) is 0. The van der Waals surface area contributed by atoms with Crippen LogP contribution in [0.2, 0.25) is 0 Å². The number of ether oxygens (including phenoxy) is 2. The Balaban J connectivity index is 1.34. The highest BCUT2D eigenvalue weighted by Gasteiger charge is 2.40. The zero-order chi connectivity index (χ0) is 21.4. The molecule has 2 aromatic rings. The molecule has 3 heterocycles. The first-order valence-corrected chi connectivity index (χ1v) is 10.8. The summed E-state index contributed by atoms with van der Waals surface area (Å²) in [6, 6.07) is 15.7. The molecule has 0 spiro atoms. The maximum absolute atomic E-state index is 13.5. The minimum atomic E-state index is -0.338. The molecule has 0 aromatic heterocycles. The number of likely N-dealkylation sites (N-methyl/N-ethyl adjacent to an activating group) is 1. The average molecular weight is 421 g/mol. The molecule has 2 fully saturated rings. The normalized spacial score (nSPS) is 23.8. The number of benzene rings is 2. The lowest BCUT2D eigenvalue weighted by atomic mass is 9.99. The molecular weight excluding hydrogens is 394 g/mol. The molecular formula is C24H27N3O4. The van der Waals surface area contributed by atoms with Crippen molar-refractivity contribution >= 4 is 17.5 Å². The molecule has 7 heteroatoms. The second kappa shape index (κ2) is 8.23. The molecule has 5 rings (SSSR count). The van der Waals surface area contributed by atoms with Gasteiger partial charge in [0.05, 0.1) is 12.0 Å². The van der Waals surface area contributed by atoms with E-state index >= 15 is 0 Å². The average Bonchev–Trinajstić information content (AvgIpc) is 3.20. The molecule has 2 aromatic carbocycles. The predicted molar refractivity (Wildman–Crippen MR) is 116 cm³/mol. The predicted octanol–water partition coefficient (Wildman–Crippen LogP) is 2.33. The number of amides is 2. The Labute approximate surface area is 182 Å². The van der Waals surface area contributed by atoms with Crippen LogP contribution in [-0.4, -0.2) is 68.1 Å². The van der Waals surface area contributed by atoms with Crippen molar-refractivity contribution in [2.45, 2.75) is 12.5 Å². The monoisotopic (exact) mass is 421 g/mol. The number of rotatable bonds is 3. The summed E-state index contributed by atoms with van der Waals surface area (Å²) in [7, 11) is 2.08. The number of carbonyl (C=O) groups excluding carboxylic acids is 2. The summed E-state index contributed by atoms with van der Waals surface area (Å²) >= 11 is 0. The van der Waals surface area contributed by atoms with Gasteiger partial charge in [0.1, 0.15) is 13.2 Å². The molecule has 3 aliphatic heterocycles. The molecule has 2 atom stereocenters. The van der Waals surface area contributed by atoms with Crippen LogP contribution in [-0.2, 0) is 9.59 Å². The summed E-state index contributed by atoms with van der Waals surface area (Å²) in [5.74, 6) is 1.04. The van der Waals surface area contributed by atoms with E-state index in [1.54, 1.807) is 4.90 Å². The lowest BCUT2D eigenvalue weighted by molar-refractivity contribution is -0.140. The molecule has 0 bridgehead atoms. The summed E-state index contributed by atoms with van der Waals surface area (Å²) < 4.78 is 11.2. The van der Waals surface area contributed by atoms with E-state index in [4.69, 9.17) is 9.47 Å². The molecule has 0 radical (unpaired) electrons. The smallest absolute Gasteiger partial charge is 0.228 e. The van der Waals surface area contributed by atoms with Gasteiger partial charge in [-0.05, 0) is 24.7 Å². The van der Waals surface area contributed by atoms with Crippen molar-refractivity contribution in [3.8, 4) is 11.5 Å². The standard InChI is InChI=1S/C24H27N3O4/c1-25-9-10-26(20(16-25)17-5-3-2-4-6-17)24(29)18-13-23(28)27(15-18)19-7-8-21-22(14-19)31-12-11-30-21/h2-8,14,18,20H,9-13,15-16H2,1H3/t18-,20+/m0/s1. The quantitative estimate of drug-likeness (QED) is 0.761. The van der Waals surface area contributed by atoms with Gasteiger partial charge in [-0.25, -0.2) is 0 Å². The molecule has 162 valence electrons. The van der Waals surface area contributed by atoms with Crippen molar-refractivity contribution in [1.29, 1.82) is 0 Å². The van der Waals surface area contributed by atoms with E-state index in [0.29, 0.717) is 37.8 Å². The maximum atomic E-state index is 13.5. The third-order valence-electron chi connectivity index (χ3n) is 6.36. The SMILES string of the molecule is CN1CCN(C(=O)[C@H]2CC(=O)N(c3ccc4c(c3)OCCO4)C2)[C@@H](c2ccccc2)C1. The minimum Gasteiger partial charge on any atom is -0.486 e. The molecule has 0 saturated carbocycles. The lowest BCUT2D eigenvalue weighted by Gasteiger charge is -2.41. The van der Waals surface area contributed by atoms with Gasteiger partial charge in [0.2, 0.25) is 11.8 Å². The summed E-state index contributed by atoms with van der Waals surface area (Å²) in [6.45, 7) is 3.72. The van der Waals surface area contributed by atoms with Crippen molar-refractivity contribution in [3.63, 3.8) is 0 Å². The fraction of sp³-hybridized carbons (Fsp3) is 0.417. The second-order valence-corrected chi connectivity index (χ2v) is 8.45. The van der Waals surface area contributed by atoms with Crippen molar-refractivity contribution in [2.24, 2.45) is 5.92 Å². The van der Waals surface area contributed by atoms with Gasteiger partial charge >= 0.3 is 0 Å². The van der Waals surface area contributed by atoms with E-state index in [1.165, 1.54) is 0 Å². The second-order valence-electron chi connectivity index (χ2n) is 8.45. The van der Waals surface area contributed by atoms with Crippen molar-refractivity contribution in [1.82, 2.24) is 9.80 Å². The van der Waals surface area contributed by atoms with Crippen LogP contribution < -0.4 is 14.4 Å². The van der Waals surface area contributed by atoms with Gasteiger partial charge in [-0.2, -0.15) is 0 Å². The number of hydrogen-bond donors (Lipinski definition) is 0. The van der Waals surface area contributed by atoms with Gasteiger partial charge < -0.3 is 24.2 Å². The van der Waals surface area contributed by atoms with Gasteiger partial charge in [-0.1, -0.05) is 30.3 Å². The van der Waals surface area contributed by atoms with E-state index in [9.17, 15) is 9.59 Å². The van der Waals surface area contributed by atoms with Gasteiger partial charge in [0, 0.05) is 44.4 Å². The van der Waals surface area contributed by atoms with Crippen molar-refractivity contribution in [2.75, 3.05) is 51.3 Å². The number of anilines is 1. The molecule has 0 aliphatic carbocycles. The molecule has 2 amide bonds. The van der Waals surface area contributed by atoms with Gasteiger partial charge in [0.15, 0.2) is 11.5 Å². The van der Waals surface area contributed by atoms with Gasteiger partial charge in [-0.3, -0.25) is 9.59 Å². The summed E-state index contributed by atoms with van der Waals surface area (Å²) in [5.41, 5.74) is 1.89. The summed E-state index contributed by atoms with van der Waals surface area (Å²) in [6.07, 6.45) is 0.237. The Morgan fingerprint density at radius 2 is 1.74 bits per heavy atom. The van der Waals surface area contributed by atoms with E-state index in [2.05, 4.69) is 24.1 Å². The lowest BCUT2D eigenvalue weighted by Crippen LogP contribution is -2.51. The highest BCUT2D eigenvalue weighted by molar-refractivity contribution is 6.00. The number of nitrogens with zero attached hydrogens (tertiary/aromatic N) is 3. The van der Waals surface area contributed by atoms with Crippen LogP contribution in [0, 0.1) is 5.92 Å². The van der Waals surface area contributed by atoms with E-state index in [0.717, 1.165) is 24.3 Å². The Kier molecular flexibility index (Phi) is 5.28. The fourth-order valence-corrected chi connectivity index (χ4v) is 4.70. The van der Waals surface area contributed by atoms with Crippen LogP contribution in [0.25, 0.3) is 0 Å². The van der Waals surface area contributed by atoms with Gasteiger partial charge in [0.25, 0.3) is 0 Å². The molecule has 7 nitrogen and oxygen atoms in total. The van der Waals surface area contributed by atoms with Crippen LogP contribution in [0.1, 0.15) is 18.0 Å². The van der Waals surface area contributed by atoms with Crippen LogP contribution in [0.15, 0.2) is 48.5 Å². The van der Waals surface area contributed by atoms with Crippen molar-refractivity contribution in [3.05, 3.63) is 54.1 Å². The fourth-order valence-electron chi connectivity index (χ4n) is 4.70. The topological polar surface area (TPSA) is 62.3 Å². The summed E-state index contributed by atoms with van der Waals surface area (Å²) in [4.78, 5) is 32.3. The molecule has 0 N–H and O–H groups in total. The van der Waals surface area contributed by atoms with E-state index < -0.39 is 0 Å². The van der Waals surface area contributed by atoms with Crippen LogP contribution in [0.4, 0.5) is 5.69 Å². The molecule has 31 heavy (non-hydrogen) atoms. The molecule has 0 unspecified atom stereocenters. The number of piperazine rings is 1. The third-order valence-corrected chi connectivity index (χ3v) is 6.36. The highest BCUT2D eigenvalue weighted by Crippen LogP contribution is 2.37. The van der Waals surface area contributed by atoms with Crippen LogP contribution in [0.3, 0.4) is 0 Å². The Morgan fingerprint density at radius 1 is 0.968 bits per heavy atom. The Hall–Kier alpha value is -3.06. The minimum absolute atomic E-state index is 0.00546. The van der Waals surface area contributed by atoms with E-state index in [1.807, 2.05) is 41.3 Å². The first-order chi connectivity index (χ1) is 15.1. The zero-order valence-electron chi connectivity index (χ0n) is 17.7. The maximum Gasteiger partial charge on any atom is 0.228 e. The Bertz CT molecular complexity index is 980. The number of carbonyl (C=O) groups is 2. The highest BCUT2D eigenvalue weighted by atomic mass is 16.6. The van der Waals surface area contributed by atoms with Crippen LogP contribution in [0.5, 0.6) is 11.5 Å². The molecule has 2 saturated heterocycles. The van der Waals surface area contributed by atoms with Crippen LogP contribution >= 0.6 is 0 Å². The first kappa shape index (κ1) is 19.9. The van der Waals surface area contributed by atoms with E-state index in [-0.39, 0.29) is 30.2 Å². The van der Waals surface area contributed by atoms with Gasteiger partial charge in [-0.15, -0.1) is 0 Å². The van der Waals surface area contributed by atoms with Crippen molar-refractivity contribution < 1.29 is 19.1 Å². The zero-order valence-corrected chi connectivity index (χ0v) is 17.7. The Morgan fingerprint density at radius 3 is 2.55 bits per heavy atom. The first-order valence-electron chi connectivity index (χ1n) is 10.8. The molecule has 3 aliphatic rings. The third kappa shape index (κ3) is 3.85.